The van der Waals surface area contributed by atoms with Crippen molar-refractivity contribution in [2.24, 2.45) is 7.05 Å². The lowest BCUT2D eigenvalue weighted by atomic mass is 10.2. The van der Waals surface area contributed by atoms with Gasteiger partial charge in [-0.2, -0.15) is 0 Å². The number of hydrogen-bond donors (Lipinski definition) is 1. The number of nitrogens with zero attached hydrogens (tertiary/aromatic N) is 2. The van der Waals surface area contributed by atoms with Gasteiger partial charge < -0.3 is 15.2 Å². The third-order valence-corrected chi connectivity index (χ3v) is 4.03. The molecule has 0 atom stereocenters. The molecule has 3 rings (SSSR count). The maximum Gasteiger partial charge on any atom is 0.333 e. The van der Waals surface area contributed by atoms with Crippen LogP contribution in [-0.2, 0) is 11.8 Å². The number of nitrogen functional groups attached to an aromatic ring is 1. The fourth-order valence-corrected chi connectivity index (χ4v) is 2.76. The van der Waals surface area contributed by atoms with Crippen molar-refractivity contribution in [3.8, 4) is 17.2 Å². The van der Waals surface area contributed by atoms with Gasteiger partial charge in [-0.25, -0.2) is 4.79 Å². The number of anilines is 1. The maximum absolute atomic E-state index is 12.9. The number of para-hydroxylation sites is 2. The summed E-state index contributed by atoms with van der Waals surface area (Å²) in [5.41, 5.74) is 7.65. The first-order valence-electron chi connectivity index (χ1n) is 7.83. The van der Waals surface area contributed by atoms with E-state index in [9.17, 15) is 9.59 Å². The normalized spacial score (nSPS) is 10.8. The molecule has 0 bridgehead atoms. The van der Waals surface area contributed by atoms with Gasteiger partial charge >= 0.3 is 11.7 Å². The molecule has 0 fully saturated rings. The number of rotatable bonds is 4. The summed E-state index contributed by atoms with van der Waals surface area (Å²) in [4.78, 5) is 24.7. The minimum Gasteiger partial charge on any atom is -0.494 e. The van der Waals surface area contributed by atoms with E-state index in [1.54, 1.807) is 38.2 Å². The second-order valence-corrected chi connectivity index (χ2v) is 5.53. The summed E-state index contributed by atoms with van der Waals surface area (Å²) in [6.45, 7) is 1.69. The molecule has 0 aliphatic carbocycles. The van der Waals surface area contributed by atoms with E-state index >= 15 is 0 Å². The lowest BCUT2D eigenvalue weighted by molar-refractivity contribution is -0.133. The van der Waals surface area contributed by atoms with E-state index in [0.29, 0.717) is 22.5 Å². The Balaban J connectivity index is 2.39. The number of methoxy groups -OCH3 is 1. The number of aromatic nitrogens is 2. The lowest BCUT2D eigenvalue weighted by Gasteiger charge is -2.13. The quantitative estimate of drug-likeness (QED) is 0.447. The summed E-state index contributed by atoms with van der Waals surface area (Å²) < 4.78 is 13.8. The van der Waals surface area contributed by atoms with E-state index in [-0.39, 0.29) is 23.5 Å². The van der Waals surface area contributed by atoms with Gasteiger partial charge in [0.05, 0.1) is 24.0 Å². The van der Waals surface area contributed by atoms with Crippen molar-refractivity contribution in [2.45, 2.75) is 13.3 Å². The van der Waals surface area contributed by atoms with Crippen LogP contribution in [0.5, 0.6) is 11.5 Å². The Morgan fingerprint density at radius 2 is 1.92 bits per heavy atom. The summed E-state index contributed by atoms with van der Waals surface area (Å²) in [5, 5.41) is 0. The number of esters is 1. The molecule has 1 heterocycles. The summed E-state index contributed by atoms with van der Waals surface area (Å²) >= 11 is 0. The Morgan fingerprint density at radius 3 is 2.60 bits per heavy atom. The summed E-state index contributed by atoms with van der Waals surface area (Å²) in [6, 6.07) is 10.4. The number of fused-ring (bicyclic) bond motifs is 1. The Labute approximate surface area is 144 Å². The molecule has 2 aromatic carbocycles. The van der Waals surface area contributed by atoms with Gasteiger partial charge in [0.1, 0.15) is 11.3 Å². The minimum atomic E-state index is -0.431. The second kappa shape index (κ2) is 6.35. The molecule has 2 N–H and O–H groups in total. The van der Waals surface area contributed by atoms with Gasteiger partial charge in [0.15, 0.2) is 5.75 Å². The van der Waals surface area contributed by atoms with Gasteiger partial charge in [-0.1, -0.05) is 19.1 Å². The number of ether oxygens (including phenoxy) is 2. The third-order valence-electron chi connectivity index (χ3n) is 4.03. The highest BCUT2D eigenvalue weighted by Gasteiger charge is 2.21. The van der Waals surface area contributed by atoms with Crippen molar-refractivity contribution < 1.29 is 14.3 Å². The Kier molecular flexibility index (Phi) is 4.22. The molecule has 0 radical (unpaired) electrons. The topological polar surface area (TPSA) is 88.5 Å². The molecule has 0 spiro atoms. The molecule has 0 aliphatic rings. The number of aryl methyl sites for hydroxylation is 1. The number of imidazole rings is 1. The van der Waals surface area contributed by atoms with Crippen LogP contribution >= 0.6 is 0 Å². The highest BCUT2D eigenvalue weighted by molar-refractivity contribution is 5.86. The average Bonchev–Trinajstić information content (AvgIpc) is 2.88. The second-order valence-electron chi connectivity index (χ2n) is 5.53. The van der Waals surface area contributed by atoms with Crippen LogP contribution in [0.3, 0.4) is 0 Å². The van der Waals surface area contributed by atoms with E-state index in [1.807, 2.05) is 12.1 Å². The molecule has 0 saturated carbocycles. The predicted octanol–water partition coefficient (Wildman–Crippen LogP) is 2.24. The molecule has 0 unspecified atom stereocenters. The third kappa shape index (κ3) is 2.63. The largest absolute Gasteiger partial charge is 0.494 e. The van der Waals surface area contributed by atoms with Gasteiger partial charge in [0.2, 0.25) is 0 Å². The van der Waals surface area contributed by atoms with Gasteiger partial charge in [-0.15, -0.1) is 0 Å². The molecule has 130 valence electrons. The predicted molar refractivity (Wildman–Crippen MR) is 95.4 cm³/mol. The molecule has 25 heavy (non-hydrogen) atoms. The van der Waals surface area contributed by atoms with E-state index in [1.165, 1.54) is 16.2 Å². The Bertz CT molecular complexity index is 1020. The molecule has 1 aromatic heterocycles. The van der Waals surface area contributed by atoms with Gasteiger partial charge in [0.25, 0.3) is 0 Å². The lowest BCUT2D eigenvalue weighted by Crippen LogP contribution is -2.22. The molecule has 0 aliphatic heterocycles. The van der Waals surface area contributed by atoms with Crippen LogP contribution in [-0.4, -0.2) is 22.2 Å². The first-order valence-corrected chi connectivity index (χ1v) is 7.83. The summed E-state index contributed by atoms with van der Waals surface area (Å²) in [5.74, 6) is 0.264. The van der Waals surface area contributed by atoms with Crippen LogP contribution in [0.15, 0.2) is 41.2 Å². The van der Waals surface area contributed by atoms with Crippen LogP contribution in [0.1, 0.15) is 13.3 Å². The van der Waals surface area contributed by atoms with Crippen molar-refractivity contribution >= 4 is 22.7 Å². The number of carbonyl (C=O) groups excluding carboxylic acids is 1. The summed E-state index contributed by atoms with van der Waals surface area (Å²) in [7, 11) is 3.21. The zero-order chi connectivity index (χ0) is 18.1. The van der Waals surface area contributed by atoms with Crippen LogP contribution in [0, 0.1) is 0 Å². The SMILES string of the molecule is CCC(=O)Oc1c(N)cccc1-n1c(=O)n(C)c2cccc(OC)c21. The fraction of sp³-hybridized carbons (Fsp3) is 0.222. The molecule has 7 nitrogen and oxygen atoms in total. The van der Waals surface area contributed by atoms with Crippen LogP contribution in [0.4, 0.5) is 5.69 Å². The number of hydrogen-bond acceptors (Lipinski definition) is 5. The van der Waals surface area contributed by atoms with Crippen LogP contribution in [0.2, 0.25) is 0 Å². The standard InChI is InChI=1S/C18H19N3O4/c1-4-15(22)25-17-11(19)7-5-9-13(17)21-16-12(20(2)18(21)23)8-6-10-14(16)24-3/h5-10H,4,19H2,1-3H3. The van der Waals surface area contributed by atoms with Gasteiger partial charge in [-0.3, -0.25) is 13.9 Å². The minimum absolute atomic E-state index is 0.162. The van der Waals surface area contributed by atoms with Crippen LogP contribution in [0.25, 0.3) is 16.7 Å². The van der Waals surface area contributed by atoms with E-state index in [0.717, 1.165) is 0 Å². The van der Waals surface area contributed by atoms with Crippen molar-refractivity contribution in [2.75, 3.05) is 12.8 Å². The smallest absolute Gasteiger partial charge is 0.333 e. The Hall–Kier alpha value is -3.22. The van der Waals surface area contributed by atoms with Crippen molar-refractivity contribution in [3.63, 3.8) is 0 Å². The van der Waals surface area contributed by atoms with Gasteiger partial charge in [0, 0.05) is 13.5 Å². The highest BCUT2D eigenvalue weighted by Crippen LogP contribution is 2.34. The average molecular weight is 341 g/mol. The zero-order valence-corrected chi connectivity index (χ0v) is 14.3. The Morgan fingerprint density at radius 1 is 1.20 bits per heavy atom. The first-order chi connectivity index (χ1) is 12.0. The zero-order valence-electron chi connectivity index (χ0n) is 14.3. The molecule has 0 saturated heterocycles. The highest BCUT2D eigenvalue weighted by atomic mass is 16.5. The first kappa shape index (κ1) is 16.6. The van der Waals surface area contributed by atoms with Crippen molar-refractivity contribution in [1.29, 1.82) is 0 Å². The molecule has 0 amide bonds. The molecular formula is C18H19N3O4. The van der Waals surface area contributed by atoms with Crippen LogP contribution < -0.4 is 20.9 Å². The molecule has 3 aromatic rings. The monoisotopic (exact) mass is 341 g/mol. The van der Waals surface area contributed by atoms with E-state index in [2.05, 4.69) is 0 Å². The fourth-order valence-electron chi connectivity index (χ4n) is 2.76. The van der Waals surface area contributed by atoms with Gasteiger partial charge in [-0.05, 0) is 24.3 Å². The maximum atomic E-state index is 12.9. The number of nitrogens with two attached hydrogens (primary N) is 1. The van der Waals surface area contributed by atoms with Crippen molar-refractivity contribution in [1.82, 2.24) is 9.13 Å². The van der Waals surface area contributed by atoms with E-state index < -0.39 is 5.97 Å². The van der Waals surface area contributed by atoms with Crippen molar-refractivity contribution in [3.05, 3.63) is 46.9 Å². The molecular weight excluding hydrogens is 322 g/mol. The summed E-state index contributed by atoms with van der Waals surface area (Å²) in [6.07, 6.45) is 0.196. The number of carbonyl (C=O) groups is 1. The molecule has 7 heteroatoms. The van der Waals surface area contributed by atoms with E-state index in [4.69, 9.17) is 15.2 Å². The number of benzene rings is 2.